The van der Waals surface area contributed by atoms with Gasteiger partial charge in [0.1, 0.15) is 6.54 Å². The summed E-state index contributed by atoms with van der Waals surface area (Å²) in [4.78, 5) is 22.6. The van der Waals surface area contributed by atoms with E-state index in [4.69, 9.17) is 5.11 Å². The minimum Gasteiger partial charge on any atom is -0.476 e. The van der Waals surface area contributed by atoms with Crippen molar-refractivity contribution in [2.24, 2.45) is 0 Å². The van der Waals surface area contributed by atoms with Crippen LogP contribution in [0.25, 0.3) is 0 Å². The number of hydrogen-bond acceptors (Lipinski definition) is 6. The molecule has 0 saturated carbocycles. The Morgan fingerprint density at radius 2 is 1.85 bits per heavy atom. The lowest BCUT2D eigenvalue weighted by molar-refractivity contribution is -0.116. The first-order valence-corrected chi connectivity index (χ1v) is 9.48. The molecular formula is C15H19N5O5S. The third kappa shape index (κ3) is 5.84. The second kappa shape index (κ2) is 8.43. The summed E-state index contributed by atoms with van der Waals surface area (Å²) in [5.41, 5.74) is 0.615. The predicted molar refractivity (Wildman–Crippen MR) is 94.4 cm³/mol. The van der Waals surface area contributed by atoms with Gasteiger partial charge in [-0.1, -0.05) is 18.6 Å². The Hall–Kier alpha value is -2.95. The van der Waals surface area contributed by atoms with Crippen LogP contribution in [-0.4, -0.2) is 46.1 Å². The zero-order valence-electron chi connectivity index (χ0n) is 14.0. The summed E-state index contributed by atoms with van der Waals surface area (Å²) >= 11 is 0. The fourth-order valence-corrected chi connectivity index (χ4v) is 3.27. The summed E-state index contributed by atoms with van der Waals surface area (Å²) in [5, 5.41) is 18.3. The Kier molecular flexibility index (Phi) is 6.28. The van der Waals surface area contributed by atoms with Crippen LogP contribution in [0.3, 0.4) is 0 Å². The van der Waals surface area contributed by atoms with Crippen molar-refractivity contribution < 1.29 is 23.1 Å². The van der Waals surface area contributed by atoms with Crippen LogP contribution in [0.15, 0.2) is 30.5 Å². The number of hydrogen-bond donors (Lipinski definition) is 3. The van der Waals surface area contributed by atoms with E-state index in [0.717, 1.165) is 17.3 Å². The molecule has 0 aliphatic rings. The molecule has 1 heterocycles. The molecule has 26 heavy (non-hydrogen) atoms. The monoisotopic (exact) mass is 381 g/mol. The fraction of sp³-hybridized carbons (Fsp3) is 0.333. The van der Waals surface area contributed by atoms with Gasteiger partial charge in [-0.25, -0.2) is 17.9 Å². The predicted octanol–water partition coefficient (Wildman–Crippen LogP) is 1.16. The highest BCUT2D eigenvalue weighted by Crippen LogP contribution is 2.15. The van der Waals surface area contributed by atoms with E-state index in [2.05, 4.69) is 20.4 Å². The first-order chi connectivity index (χ1) is 12.3. The molecule has 0 radical (unpaired) electrons. The van der Waals surface area contributed by atoms with Gasteiger partial charge in [-0.2, -0.15) is 0 Å². The number of carboxylic acids is 1. The Balaban J connectivity index is 1.91. The summed E-state index contributed by atoms with van der Waals surface area (Å²) in [6, 6.07) is 6.19. The number of rotatable bonds is 9. The number of benzene rings is 1. The van der Waals surface area contributed by atoms with E-state index in [1.165, 1.54) is 12.1 Å². The molecule has 1 aromatic carbocycles. The highest BCUT2D eigenvalue weighted by atomic mass is 32.2. The van der Waals surface area contributed by atoms with E-state index < -0.39 is 21.9 Å². The van der Waals surface area contributed by atoms with Gasteiger partial charge in [-0.05, 0) is 30.7 Å². The van der Waals surface area contributed by atoms with Gasteiger partial charge in [0.25, 0.3) is 0 Å². The molecule has 0 spiro atoms. The van der Waals surface area contributed by atoms with Gasteiger partial charge in [0.2, 0.25) is 15.9 Å². The zero-order chi connectivity index (χ0) is 19.2. The summed E-state index contributed by atoms with van der Waals surface area (Å²) in [7, 11) is -3.38. The van der Waals surface area contributed by atoms with E-state index in [-0.39, 0.29) is 18.0 Å². The van der Waals surface area contributed by atoms with Crippen LogP contribution in [-0.2, 0) is 21.4 Å². The van der Waals surface area contributed by atoms with Crippen molar-refractivity contribution in [1.82, 2.24) is 15.0 Å². The van der Waals surface area contributed by atoms with Crippen molar-refractivity contribution in [2.75, 3.05) is 15.8 Å². The topological polar surface area (TPSA) is 143 Å². The van der Waals surface area contributed by atoms with Crippen molar-refractivity contribution in [3.63, 3.8) is 0 Å². The summed E-state index contributed by atoms with van der Waals surface area (Å²) in [6.45, 7) is 1.71. The molecule has 1 amide bonds. The standard InChI is InChI=1S/C15H19N5O5S/c1-2-3-8-26(24,25)18-12-6-4-11(5-7-12)16-14(21)10-20-9-13(15(22)23)17-19-20/h4-7,9,18H,2-3,8,10H2,1H3,(H,16,21)(H,22,23). The van der Waals surface area contributed by atoms with Gasteiger partial charge in [-0.15, -0.1) is 5.10 Å². The van der Waals surface area contributed by atoms with Crippen LogP contribution < -0.4 is 10.0 Å². The van der Waals surface area contributed by atoms with Crippen LogP contribution in [0.2, 0.25) is 0 Å². The number of anilines is 2. The number of nitrogens with zero attached hydrogens (tertiary/aromatic N) is 3. The van der Waals surface area contributed by atoms with Crippen LogP contribution in [0.1, 0.15) is 30.3 Å². The lowest BCUT2D eigenvalue weighted by Crippen LogP contribution is -2.19. The Morgan fingerprint density at radius 3 is 2.42 bits per heavy atom. The lowest BCUT2D eigenvalue weighted by Gasteiger charge is -2.09. The number of aromatic carboxylic acids is 1. The van der Waals surface area contributed by atoms with E-state index in [9.17, 15) is 18.0 Å². The van der Waals surface area contributed by atoms with Gasteiger partial charge in [-0.3, -0.25) is 9.52 Å². The highest BCUT2D eigenvalue weighted by Gasteiger charge is 2.12. The first-order valence-electron chi connectivity index (χ1n) is 7.83. The second-order valence-electron chi connectivity index (χ2n) is 5.51. The van der Waals surface area contributed by atoms with Gasteiger partial charge in [0.05, 0.1) is 11.9 Å². The molecule has 0 bridgehead atoms. The molecule has 0 atom stereocenters. The Bertz CT molecular complexity index is 876. The van der Waals surface area contributed by atoms with Gasteiger partial charge >= 0.3 is 5.97 Å². The molecule has 0 saturated heterocycles. The van der Waals surface area contributed by atoms with Crippen molar-refractivity contribution in [3.8, 4) is 0 Å². The maximum Gasteiger partial charge on any atom is 0.358 e. The molecule has 140 valence electrons. The smallest absolute Gasteiger partial charge is 0.358 e. The average molecular weight is 381 g/mol. The van der Waals surface area contributed by atoms with Crippen molar-refractivity contribution >= 4 is 33.3 Å². The van der Waals surface area contributed by atoms with E-state index >= 15 is 0 Å². The van der Waals surface area contributed by atoms with Crippen molar-refractivity contribution in [2.45, 2.75) is 26.3 Å². The third-order valence-corrected chi connectivity index (χ3v) is 4.64. The van der Waals surface area contributed by atoms with E-state index in [0.29, 0.717) is 17.8 Å². The summed E-state index contributed by atoms with van der Waals surface area (Å²) < 4.78 is 27.2. The fourth-order valence-electron chi connectivity index (χ4n) is 2.01. The Labute approximate surface area is 150 Å². The lowest BCUT2D eigenvalue weighted by atomic mass is 10.3. The van der Waals surface area contributed by atoms with Gasteiger partial charge < -0.3 is 10.4 Å². The molecule has 1 aromatic heterocycles. The molecule has 3 N–H and O–H groups in total. The zero-order valence-corrected chi connectivity index (χ0v) is 14.9. The van der Waals surface area contributed by atoms with Crippen LogP contribution in [0.5, 0.6) is 0 Å². The van der Waals surface area contributed by atoms with Crippen LogP contribution >= 0.6 is 0 Å². The molecule has 11 heteroatoms. The Morgan fingerprint density at radius 1 is 1.19 bits per heavy atom. The number of carboxylic acid groups (broad SMARTS) is 1. The second-order valence-corrected chi connectivity index (χ2v) is 7.35. The van der Waals surface area contributed by atoms with E-state index in [1.807, 2.05) is 6.92 Å². The number of aromatic nitrogens is 3. The number of amides is 1. The normalized spacial score (nSPS) is 11.1. The van der Waals surface area contributed by atoms with E-state index in [1.54, 1.807) is 12.1 Å². The summed E-state index contributed by atoms with van der Waals surface area (Å²) in [6.07, 6.45) is 2.51. The van der Waals surface area contributed by atoms with Crippen LogP contribution in [0, 0.1) is 0 Å². The number of sulfonamides is 1. The van der Waals surface area contributed by atoms with Crippen LogP contribution in [0.4, 0.5) is 11.4 Å². The molecule has 2 rings (SSSR count). The van der Waals surface area contributed by atoms with Gasteiger partial charge in [0.15, 0.2) is 5.69 Å². The third-order valence-electron chi connectivity index (χ3n) is 3.27. The number of nitrogens with one attached hydrogen (secondary N) is 2. The molecule has 0 unspecified atom stereocenters. The maximum atomic E-state index is 11.9. The maximum absolute atomic E-state index is 11.9. The number of carbonyl (C=O) groups excluding carboxylic acids is 1. The first kappa shape index (κ1) is 19.4. The minimum absolute atomic E-state index is 0.0538. The molecule has 0 aliphatic carbocycles. The molecule has 0 aliphatic heterocycles. The van der Waals surface area contributed by atoms with Gasteiger partial charge in [0, 0.05) is 11.4 Å². The molecule has 2 aromatic rings. The van der Waals surface area contributed by atoms with Crippen molar-refractivity contribution in [1.29, 1.82) is 0 Å². The summed E-state index contributed by atoms with van der Waals surface area (Å²) in [5.74, 6) is -1.60. The minimum atomic E-state index is -3.38. The number of carbonyl (C=O) groups is 2. The SMILES string of the molecule is CCCCS(=O)(=O)Nc1ccc(NC(=O)Cn2cc(C(=O)O)nn2)cc1. The number of unbranched alkanes of at least 4 members (excludes halogenated alkanes) is 1. The van der Waals surface area contributed by atoms with Crippen molar-refractivity contribution in [3.05, 3.63) is 36.2 Å². The average Bonchev–Trinajstić information content (AvgIpc) is 3.03. The molecule has 10 nitrogen and oxygen atoms in total. The quantitative estimate of drug-likeness (QED) is 0.591. The molecular weight excluding hydrogens is 362 g/mol. The largest absolute Gasteiger partial charge is 0.476 e. The molecule has 0 fully saturated rings. The highest BCUT2D eigenvalue weighted by molar-refractivity contribution is 7.92.